The van der Waals surface area contributed by atoms with E-state index in [1.807, 2.05) is 13.8 Å². The number of piperidine rings is 1. The Morgan fingerprint density at radius 3 is 2.48 bits per heavy atom. The van der Waals surface area contributed by atoms with E-state index >= 15 is 0 Å². The molecule has 1 amide bonds. The second-order valence-corrected chi connectivity index (χ2v) is 6.40. The second kappa shape index (κ2) is 7.45. The van der Waals surface area contributed by atoms with Crippen LogP contribution in [0.2, 0.25) is 0 Å². The van der Waals surface area contributed by atoms with Crippen molar-refractivity contribution in [1.82, 2.24) is 10.6 Å². The number of carbonyl (C=O) groups excluding carboxylic acids is 1. The molecule has 0 radical (unpaired) electrons. The van der Waals surface area contributed by atoms with Crippen molar-refractivity contribution >= 4 is 5.91 Å². The quantitative estimate of drug-likeness (QED) is 0.790. The molecule has 0 bridgehead atoms. The molecule has 21 heavy (non-hydrogen) atoms. The number of methoxy groups -OCH3 is 1. The molecule has 2 atom stereocenters. The molecule has 1 saturated heterocycles. The predicted molar refractivity (Wildman–Crippen MR) is 73.9 cm³/mol. The van der Waals surface area contributed by atoms with Gasteiger partial charge in [0, 0.05) is 26.8 Å². The summed E-state index contributed by atoms with van der Waals surface area (Å²) in [6, 6.07) is -0.526. The lowest BCUT2D eigenvalue weighted by Crippen LogP contribution is -2.52. The van der Waals surface area contributed by atoms with Crippen molar-refractivity contribution in [2.45, 2.75) is 45.3 Å². The van der Waals surface area contributed by atoms with Crippen molar-refractivity contribution in [2.24, 2.45) is 11.3 Å². The lowest BCUT2D eigenvalue weighted by molar-refractivity contribution is -0.180. The molecule has 1 heterocycles. The number of amides is 1. The zero-order valence-corrected chi connectivity index (χ0v) is 12.8. The Morgan fingerprint density at radius 2 is 2.00 bits per heavy atom. The molecule has 1 aliphatic heterocycles. The highest BCUT2D eigenvalue weighted by molar-refractivity contribution is 5.81. The van der Waals surface area contributed by atoms with Gasteiger partial charge in [-0.2, -0.15) is 13.2 Å². The summed E-state index contributed by atoms with van der Waals surface area (Å²) < 4.78 is 42.6. The lowest BCUT2D eigenvalue weighted by atomic mass is 9.89. The molecule has 0 saturated carbocycles. The Hall–Kier alpha value is -0.820. The monoisotopic (exact) mass is 310 g/mol. The average molecular weight is 310 g/mol. The Labute approximate surface area is 123 Å². The SMILES string of the molecule is COCCC(C)(C)CNC(=O)C1CCC(C(F)(F)F)CN1. The summed E-state index contributed by atoms with van der Waals surface area (Å²) in [6.45, 7) is 4.93. The van der Waals surface area contributed by atoms with Gasteiger partial charge < -0.3 is 15.4 Å². The van der Waals surface area contributed by atoms with Gasteiger partial charge in [-0.05, 0) is 24.7 Å². The standard InChI is InChI=1S/C14H25F3N2O2/c1-13(2,6-7-21-3)9-19-12(20)11-5-4-10(8-18-11)14(15,16)17/h10-11,18H,4-9H2,1-3H3,(H,19,20). The first kappa shape index (κ1) is 18.2. The summed E-state index contributed by atoms with van der Waals surface area (Å²) in [4.78, 5) is 12.0. The molecular weight excluding hydrogens is 285 g/mol. The highest BCUT2D eigenvalue weighted by Crippen LogP contribution is 2.32. The van der Waals surface area contributed by atoms with Crippen LogP contribution >= 0.6 is 0 Å². The van der Waals surface area contributed by atoms with Gasteiger partial charge in [0.15, 0.2) is 0 Å². The topological polar surface area (TPSA) is 50.4 Å². The van der Waals surface area contributed by atoms with E-state index in [9.17, 15) is 18.0 Å². The molecule has 2 N–H and O–H groups in total. The number of alkyl halides is 3. The van der Waals surface area contributed by atoms with Crippen LogP contribution < -0.4 is 10.6 Å². The lowest BCUT2D eigenvalue weighted by Gasteiger charge is -2.31. The van der Waals surface area contributed by atoms with Crippen LogP contribution in [-0.4, -0.2) is 44.9 Å². The van der Waals surface area contributed by atoms with E-state index in [0.29, 0.717) is 13.2 Å². The first-order valence-corrected chi connectivity index (χ1v) is 7.22. The fourth-order valence-corrected chi connectivity index (χ4v) is 2.28. The number of ether oxygens (including phenoxy) is 1. The van der Waals surface area contributed by atoms with Gasteiger partial charge in [0.05, 0.1) is 12.0 Å². The van der Waals surface area contributed by atoms with E-state index in [-0.39, 0.29) is 30.7 Å². The van der Waals surface area contributed by atoms with Crippen LogP contribution in [0.4, 0.5) is 13.2 Å². The van der Waals surface area contributed by atoms with E-state index in [2.05, 4.69) is 10.6 Å². The Bertz CT molecular complexity index is 338. The maximum atomic E-state index is 12.5. The highest BCUT2D eigenvalue weighted by atomic mass is 19.4. The largest absolute Gasteiger partial charge is 0.393 e. The third kappa shape index (κ3) is 6.22. The Morgan fingerprint density at radius 1 is 1.33 bits per heavy atom. The van der Waals surface area contributed by atoms with Gasteiger partial charge in [-0.1, -0.05) is 13.8 Å². The molecule has 0 aromatic rings. The molecule has 0 aliphatic carbocycles. The molecular formula is C14H25F3N2O2. The fourth-order valence-electron chi connectivity index (χ4n) is 2.28. The van der Waals surface area contributed by atoms with E-state index in [1.54, 1.807) is 7.11 Å². The molecule has 1 fully saturated rings. The first-order valence-electron chi connectivity index (χ1n) is 7.22. The number of halogens is 3. The number of carbonyl (C=O) groups is 1. The van der Waals surface area contributed by atoms with Crippen LogP contribution in [0.5, 0.6) is 0 Å². The van der Waals surface area contributed by atoms with Gasteiger partial charge in [-0.25, -0.2) is 0 Å². The minimum Gasteiger partial charge on any atom is -0.385 e. The van der Waals surface area contributed by atoms with Gasteiger partial charge in [-0.3, -0.25) is 4.79 Å². The summed E-state index contributed by atoms with van der Waals surface area (Å²) in [5.74, 6) is -1.57. The minimum absolute atomic E-state index is 0.00164. The third-order valence-electron chi connectivity index (χ3n) is 3.92. The van der Waals surface area contributed by atoms with Gasteiger partial charge in [0.1, 0.15) is 0 Å². The fraction of sp³-hybridized carbons (Fsp3) is 0.929. The zero-order chi connectivity index (χ0) is 16.1. The van der Waals surface area contributed by atoms with Crippen molar-refractivity contribution in [3.05, 3.63) is 0 Å². The van der Waals surface area contributed by atoms with E-state index in [1.165, 1.54) is 0 Å². The molecule has 0 spiro atoms. The third-order valence-corrected chi connectivity index (χ3v) is 3.92. The average Bonchev–Trinajstić information content (AvgIpc) is 2.42. The molecule has 124 valence electrons. The second-order valence-electron chi connectivity index (χ2n) is 6.40. The maximum Gasteiger partial charge on any atom is 0.393 e. The molecule has 0 aromatic heterocycles. The summed E-state index contributed by atoms with van der Waals surface area (Å²) >= 11 is 0. The van der Waals surface area contributed by atoms with Crippen LogP contribution in [0.15, 0.2) is 0 Å². The molecule has 4 nitrogen and oxygen atoms in total. The Balaban J connectivity index is 2.34. The van der Waals surface area contributed by atoms with E-state index in [0.717, 1.165) is 6.42 Å². The molecule has 7 heteroatoms. The summed E-state index contributed by atoms with van der Waals surface area (Å²) in [6.07, 6.45) is -3.16. The highest BCUT2D eigenvalue weighted by Gasteiger charge is 2.42. The predicted octanol–water partition coefficient (Wildman–Crippen LogP) is 2.10. The van der Waals surface area contributed by atoms with Gasteiger partial charge in [0.25, 0.3) is 0 Å². The van der Waals surface area contributed by atoms with Crippen LogP contribution in [0.25, 0.3) is 0 Å². The van der Waals surface area contributed by atoms with Crippen LogP contribution in [-0.2, 0) is 9.53 Å². The zero-order valence-electron chi connectivity index (χ0n) is 12.8. The summed E-state index contributed by atoms with van der Waals surface area (Å²) in [5, 5.41) is 5.52. The number of nitrogens with one attached hydrogen (secondary N) is 2. The van der Waals surface area contributed by atoms with Gasteiger partial charge >= 0.3 is 6.18 Å². The van der Waals surface area contributed by atoms with Crippen LogP contribution in [0, 0.1) is 11.3 Å². The molecule has 1 rings (SSSR count). The maximum absolute atomic E-state index is 12.5. The van der Waals surface area contributed by atoms with Crippen molar-refractivity contribution in [2.75, 3.05) is 26.8 Å². The van der Waals surface area contributed by atoms with Crippen molar-refractivity contribution < 1.29 is 22.7 Å². The summed E-state index contributed by atoms with van der Waals surface area (Å²) in [7, 11) is 1.62. The molecule has 1 aliphatic rings. The van der Waals surface area contributed by atoms with Crippen molar-refractivity contribution in [3.8, 4) is 0 Å². The van der Waals surface area contributed by atoms with Crippen LogP contribution in [0.3, 0.4) is 0 Å². The first-order chi connectivity index (χ1) is 9.65. The van der Waals surface area contributed by atoms with E-state index < -0.39 is 18.1 Å². The van der Waals surface area contributed by atoms with Gasteiger partial charge in [-0.15, -0.1) is 0 Å². The number of hydrogen-bond acceptors (Lipinski definition) is 3. The number of hydrogen-bond donors (Lipinski definition) is 2. The Kier molecular flexibility index (Phi) is 6.46. The van der Waals surface area contributed by atoms with Gasteiger partial charge in [0.2, 0.25) is 5.91 Å². The van der Waals surface area contributed by atoms with Crippen LogP contribution in [0.1, 0.15) is 33.1 Å². The van der Waals surface area contributed by atoms with Crippen molar-refractivity contribution in [1.29, 1.82) is 0 Å². The smallest absolute Gasteiger partial charge is 0.385 e. The minimum atomic E-state index is -4.18. The molecule has 2 unspecified atom stereocenters. The summed E-state index contributed by atoms with van der Waals surface area (Å²) in [5.41, 5.74) is -0.102. The number of rotatable bonds is 6. The normalized spacial score (nSPS) is 23.9. The molecule has 0 aromatic carbocycles. The van der Waals surface area contributed by atoms with E-state index in [4.69, 9.17) is 4.74 Å². The van der Waals surface area contributed by atoms with Crippen molar-refractivity contribution in [3.63, 3.8) is 0 Å².